The second-order valence-electron chi connectivity index (χ2n) is 6.62. The molecule has 26 heavy (non-hydrogen) atoms. The molecule has 0 aliphatic heterocycles. The zero-order valence-electron chi connectivity index (χ0n) is 15.5. The number of aliphatic hydroxyl groups is 1. The molecular weight excluding hydrogens is 330 g/mol. The standard InChI is InChI=1S/C21H23NO4/c1-22-10-9-13-15(22)7-6-14-18-12(5-8-16(23)19(13)14)11-17(24-2)20(25-3)21(18)26-4/h6-7,9-11,16,23H,5,8H2,1-4H3. The lowest BCUT2D eigenvalue weighted by atomic mass is 9.92. The van der Waals surface area contributed by atoms with Crippen LogP contribution in [0.2, 0.25) is 0 Å². The van der Waals surface area contributed by atoms with Crippen molar-refractivity contribution in [2.75, 3.05) is 21.3 Å². The molecule has 1 aliphatic carbocycles. The maximum atomic E-state index is 10.9. The van der Waals surface area contributed by atoms with E-state index in [1.807, 2.05) is 19.3 Å². The van der Waals surface area contributed by atoms with Gasteiger partial charge in [0.05, 0.1) is 27.4 Å². The van der Waals surface area contributed by atoms with Crippen molar-refractivity contribution >= 4 is 10.9 Å². The highest BCUT2D eigenvalue weighted by Crippen LogP contribution is 2.51. The minimum Gasteiger partial charge on any atom is -0.493 e. The molecule has 1 aliphatic rings. The molecule has 1 aromatic heterocycles. The maximum absolute atomic E-state index is 10.9. The highest BCUT2D eigenvalue weighted by molar-refractivity contribution is 5.94. The summed E-state index contributed by atoms with van der Waals surface area (Å²) in [5.74, 6) is 1.86. The van der Waals surface area contributed by atoms with Crippen LogP contribution in [0.5, 0.6) is 17.2 Å². The molecule has 1 unspecified atom stereocenters. The van der Waals surface area contributed by atoms with Gasteiger partial charge in [0.1, 0.15) is 0 Å². The fourth-order valence-electron chi connectivity index (χ4n) is 4.09. The third kappa shape index (κ3) is 2.27. The van der Waals surface area contributed by atoms with Crippen molar-refractivity contribution in [3.63, 3.8) is 0 Å². The van der Waals surface area contributed by atoms with Crippen LogP contribution in [-0.4, -0.2) is 31.0 Å². The van der Waals surface area contributed by atoms with E-state index in [9.17, 15) is 5.11 Å². The first kappa shape index (κ1) is 16.8. The number of aromatic nitrogens is 1. The van der Waals surface area contributed by atoms with E-state index in [2.05, 4.69) is 22.8 Å². The third-order valence-electron chi connectivity index (χ3n) is 5.31. The Bertz CT molecular complexity index is 990. The smallest absolute Gasteiger partial charge is 0.203 e. The first-order valence-corrected chi connectivity index (χ1v) is 8.68. The van der Waals surface area contributed by atoms with E-state index in [1.165, 1.54) is 0 Å². The highest BCUT2D eigenvalue weighted by atomic mass is 16.5. The van der Waals surface area contributed by atoms with Gasteiger partial charge in [0, 0.05) is 29.7 Å². The van der Waals surface area contributed by atoms with Crippen molar-refractivity contribution in [2.24, 2.45) is 7.05 Å². The van der Waals surface area contributed by atoms with Gasteiger partial charge < -0.3 is 23.9 Å². The largest absolute Gasteiger partial charge is 0.493 e. The van der Waals surface area contributed by atoms with Gasteiger partial charge in [0.15, 0.2) is 11.5 Å². The molecule has 0 bridgehead atoms. The molecule has 1 atom stereocenters. The van der Waals surface area contributed by atoms with Crippen LogP contribution >= 0.6 is 0 Å². The monoisotopic (exact) mass is 353 g/mol. The fourth-order valence-corrected chi connectivity index (χ4v) is 4.09. The molecule has 1 N–H and O–H groups in total. The van der Waals surface area contributed by atoms with Gasteiger partial charge in [0.2, 0.25) is 5.75 Å². The Morgan fingerprint density at radius 3 is 2.50 bits per heavy atom. The van der Waals surface area contributed by atoms with Gasteiger partial charge in [-0.1, -0.05) is 6.07 Å². The number of aryl methyl sites for hydroxylation is 2. The Hall–Kier alpha value is -2.66. The van der Waals surface area contributed by atoms with Crippen molar-refractivity contribution in [3.8, 4) is 28.4 Å². The minimum atomic E-state index is -0.537. The van der Waals surface area contributed by atoms with Crippen LogP contribution in [0.4, 0.5) is 0 Å². The summed E-state index contributed by atoms with van der Waals surface area (Å²) >= 11 is 0. The summed E-state index contributed by atoms with van der Waals surface area (Å²) in [5.41, 5.74) is 5.11. The number of benzene rings is 2. The van der Waals surface area contributed by atoms with Gasteiger partial charge in [-0.15, -0.1) is 0 Å². The van der Waals surface area contributed by atoms with Crippen molar-refractivity contribution in [1.29, 1.82) is 0 Å². The number of hydrogen-bond acceptors (Lipinski definition) is 4. The topological polar surface area (TPSA) is 52.9 Å². The van der Waals surface area contributed by atoms with Crippen LogP contribution in [0.3, 0.4) is 0 Å². The van der Waals surface area contributed by atoms with Crippen LogP contribution in [0.1, 0.15) is 23.7 Å². The third-order valence-corrected chi connectivity index (χ3v) is 5.31. The first-order chi connectivity index (χ1) is 12.6. The average molecular weight is 353 g/mol. The van der Waals surface area contributed by atoms with E-state index in [-0.39, 0.29) is 0 Å². The molecule has 0 saturated heterocycles. The Labute approximate surface area is 152 Å². The summed E-state index contributed by atoms with van der Waals surface area (Å²) in [5, 5.41) is 12.0. The lowest BCUT2D eigenvalue weighted by Gasteiger charge is -2.20. The Kier molecular flexibility index (Phi) is 4.04. The average Bonchev–Trinajstić information content (AvgIpc) is 2.97. The van der Waals surface area contributed by atoms with E-state index in [1.54, 1.807) is 21.3 Å². The molecule has 5 nitrogen and oxygen atoms in total. The van der Waals surface area contributed by atoms with Gasteiger partial charge >= 0.3 is 0 Å². The first-order valence-electron chi connectivity index (χ1n) is 8.68. The Morgan fingerprint density at radius 2 is 1.81 bits per heavy atom. The lowest BCUT2D eigenvalue weighted by Crippen LogP contribution is -2.01. The van der Waals surface area contributed by atoms with Gasteiger partial charge in [-0.2, -0.15) is 0 Å². The van der Waals surface area contributed by atoms with E-state index < -0.39 is 6.10 Å². The van der Waals surface area contributed by atoms with Crippen LogP contribution in [0.15, 0.2) is 30.5 Å². The number of aliphatic hydroxyl groups excluding tert-OH is 1. The second-order valence-corrected chi connectivity index (χ2v) is 6.62. The quantitative estimate of drug-likeness (QED) is 0.777. The number of rotatable bonds is 3. The van der Waals surface area contributed by atoms with Crippen LogP contribution in [0, 0.1) is 0 Å². The molecule has 0 saturated carbocycles. The Balaban J connectivity index is 2.11. The number of methoxy groups -OCH3 is 3. The summed E-state index contributed by atoms with van der Waals surface area (Å²) in [7, 11) is 6.89. The molecule has 0 fully saturated rings. The molecule has 2 aromatic carbocycles. The van der Waals surface area contributed by atoms with E-state index in [0.717, 1.165) is 39.6 Å². The maximum Gasteiger partial charge on any atom is 0.203 e. The molecule has 4 rings (SSSR count). The SMILES string of the molecule is COc1cc2c(c(OC)c1OC)-c1ccc3c(ccn3C)c1C(O)CC2. The van der Waals surface area contributed by atoms with E-state index in [0.29, 0.717) is 23.7 Å². The molecule has 1 heterocycles. The fraction of sp³-hybridized carbons (Fsp3) is 0.333. The predicted octanol–water partition coefficient (Wildman–Crippen LogP) is 3.85. The van der Waals surface area contributed by atoms with Crippen LogP contribution in [0.25, 0.3) is 22.0 Å². The van der Waals surface area contributed by atoms with E-state index >= 15 is 0 Å². The van der Waals surface area contributed by atoms with Gasteiger partial charge in [-0.3, -0.25) is 0 Å². The second kappa shape index (κ2) is 6.25. The highest BCUT2D eigenvalue weighted by Gasteiger charge is 2.29. The van der Waals surface area contributed by atoms with Crippen molar-refractivity contribution in [3.05, 3.63) is 41.6 Å². The molecule has 0 radical (unpaired) electrons. The number of ether oxygens (including phenoxy) is 3. The predicted molar refractivity (Wildman–Crippen MR) is 101 cm³/mol. The number of fused-ring (bicyclic) bond motifs is 5. The van der Waals surface area contributed by atoms with Crippen LogP contribution in [-0.2, 0) is 13.5 Å². The number of hydrogen-bond donors (Lipinski definition) is 1. The molecule has 5 heteroatoms. The molecule has 0 amide bonds. The van der Waals surface area contributed by atoms with E-state index in [4.69, 9.17) is 14.2 Å². The van der Waals surface area contributed by atoms with Crippen molar-refractivity contribution in [1.82, 2.24) is 4.57 Å². The summed E-state index contributed by atoms with van der Waals surface area (Å²) in [6, 6.07) is 8.22. The summed E-state index contributed by atoms with van der Waals surface area (Å²) in [6.07, 6.45) is 2.86. The zero-order valence-corrected chi connectivity index (χ0v) is 15.5. The normalized spacial score (nSPS) is 16.0. The molecule has 0 spiro atoms. The summed E-state index contributed by atoms with van der Waals surface area (Å²) < 4.78 is 18.9. The van der Waals surface area contributed by atoms with Gasteiger partial charge in [0.25, 0.3) is 0 Å². The Morgan fingerprint density at radius 1 is 1.04 bits per heavy atom. The zero-order chi connectivity index (χ0) is 18.4. The lowest BCUT2D eigenvalue weighted by molar-refractivity contribution is 0.171. The minimum absolute atomic E-state index is 0.537. The van der Waals surface area contributed by atoms with Crippen LogP contribution < -0.4 is 14.2 Å². The van der Waals surface area contributed by atoms with Crippen molar-refractivity contribution < 1.29 is 19.3 Å². The molecular formula is C21H23NO4. The number of nitrogens with zero attached hydrogens (tertiary/aromatic N) is 1. The molecule has 136 valence electrons. The summed E-state index contributed by atoms with van der Waals surface area (Å²) in [4.78, 5) is 0. The van der Waals surface area contributed by atoms with Crippen molar-refractivity contribution in [2.45, 2.75) is 18.9 Å². The summed E-state index contributed by atoms with van der Waals surface area (Å²) in [6.45, 7) is 0. The molecule has 3 aromatic rings. The van der Waals surface area contributed by atoms with Gasteiger partial charge in [-0.05, 0) is 47.7 Å². The van der Waals surface area contributed by atoms with Gasteiger partial charge in [-0.25, -0.2) is 0 Å².